The Morgan fingerprint density at radius 2 is 1.69 bits per heavy atom. The van der Waals surface area contributed by atoms with Gasteiger partial charge in [-0.2, -0.15) is 0 Å². The van der Waals surface area contributed by atoms with Crippen molar-refractivity contribution in [1.82, 2.24) is 9.55 Å². The van der Waals surface area contributed by atoms with Crippen molar-refractivity contribution in [2.24, 2.45) is 0 Å². The highest BCUT2D eigenvalue weighted by atomic mass is 32.1. The number of thiophene rings is 1. The van der Waals surface area contributed by atoms with Crippen LogP contribution in [0.5, 0.6) is 0 Å². The van der Waals surface area contributed by atoms with E-state index in [1.54, 1.807) is 24.4 Å². The molecule has 0 fully saturated rings. The number of aromatic nitrogens is 2. The molecule has 0 aliphatic carbocycles. The van der Waals surface area contributed by atoms with Crippen LogP contribution in [0.4, 0.5) is 14.5 Å². The van der Waals surface area contributed by atoms with Gasteiger partial charge in [-0.05, 0) is 48.9 Å². The van der Waals surface area contributed by atoms with E-state index in [2.05, 4.69) is 10.3 Å². The van der Waals surface area contributed by atoms with E-state index in [1.165, 1.54) is 58.6 Å². The molecular formula is C21H15F2N3O2S. The Kier molecular flexibility index (Phi) is 4.94. The highest BCUT2D eigenvalue weighted by Crippen LogP contribution is 2.31. The first-order valence-electron chi connectivity index (χ1n) is 8.75. The highest BCUT2D eigenvalue weighted by Gasteiger charge is 2.20. The number of carbonyl (C=O) groups excluding carboxylic acids is 1. The predicted molar refractivity (Wildman–Crippen MR) is 109 cm³/mol. The van der Waals surface area contributed by atoms with Gasteiger partial charge in [0, 0.05) is 16.6 Å². The summed E-state index contributed by atoms with van der Waals surface area (Å²) in [5.74, 6) is -1.21. The van der Waals surface area contributed by atoms with Crippen molar-refractivity contribution < 1.29 is 13.6 Å². The van der Waals surface area contributed by atoms with Crippen LogP contribution in [-0.2, 0) is 4.79 Å². The van der Waals surface area contributed by atoms with Crippen molar-refractivity contribution in [3.05, 3.63) is 82.2 Å². The van der Waals surface area contributed by atoms with Crippen molar-refractivity contribution >= 4 is 33.1 Å². The second-order valence-corrected chi connectivity index (χ2v) is 7.32. The minimum atomic E-state index is -0.842. The van der Waals surface area contributed by atoms with Crippen LogP contribution < -0.4 is 10.9 Å². The number of halogens is 2. The Balaban J connectivity index is 1.70. The third-order valence-electron chi connectivity index (χ3n) is 4.58. The number of amides is 1. The zero-order chi connectivity index (χ0) is 20.5. The number of hydrogen-bond donors (Lipinski definition) is 1. The van der Waals surface area contributed by atoms with Gasteiger partial charge >= 0.3 is 0 Å². The van der Waals surface area contributed by atoms with E-state index in [0.717, 1.165) is 0 Å². The van der Waals surface area contributed by atoms with Gasteiger partial charge in [-0.25, -0.2) is 13.8 Å². The first kappa shape index (κ1) is 18.9. The number of carbonyl (C=O) groups is 1. The summed E-state index contributed by atoms with van der Waals surface area (Å²) in [6.07, 6.45) is 1.34. The zero-order valence-corrected chi connectivity index (χ0v) is 16.0. The molecule has 0 bridgehead atoms. The van der Waals surface area contributed by atoms with Crippen LogP contribution in [-0.4, -0.2) is 15.5 Å². The summed E-state index contributed by atoms with van der Waals surface area (Å²) in [7, 11) is 0. The molecule has 2 heterocycles. The van der Waals surface area contributed by atoms with E-state index >= 15 is 0 Å². The molecule has 0 aliphatic heterocycles. The molecule has 8 heteroatoms. The predicted octanol–water partition coefficient (Wildman–Crippen LogP) is 4.60. The van der Waals surface area contributed by atoms with Crippen LogP contribution in [0.3, 0.4) is 0 Å². The van der Waals surface area contributed by atoms with Gasteiger partial charge in [0.1, 0.15) is 22.5 Å². The largest absolute Gasteiger partial charge is 0.324 e. The molecule has 1 N–H and O–H groups in total. The molecule has 0 unspecified atom stereocenters. The number of nitrogens with one attached hydrogen (secondary N) is 1. The van der Waals surface area contributed by atoms with Gasteiger partial charge in [0.15, 0.2) is 0 Å². The Labute approximate surface area is 168 Å². The molecule has 0 aliphatic rings. The second kappa shape index (κ2) is 7.56. The zero-order valence-electron chi connectivity index (χ0n) is 15.2. The third-order valence-corrected chi connectivity index (χ3v) is 5.47. The molecule has 5 nitrogen and oxygen atoms in total. The molecule has 2 aromatic heterocycles. The van der Waals surface area contributed by atoms with E-state index < -0.39 is 17.8 Å². The summed E-state index contributed by atoms with van der Waals surface area (Å²) in [4.78, 5) is 30.5. The lowest BCUT2D eigenvalue weighted by Gasteiger charge is -2.15. The standard InChI is InChI=1S/C21H15F2N3O2S/c1-12(19(27)25-16-8-6-15(23)7-9-16)26-11-24-20-18(21(26)28)17(10-29-20)13-2-4-14(22)5-3-13/h2-12H,1H3,(H,25,27)/t12-/m1/s1. The molecule has 1 amide bonds. The van der Waals surface area contributed by atoms with Gasteiger partial charge in [0.2, 0.25) is 5.91 Å². The smallest absolute Gasteiger partial charge is 0.263 e. The lowest BCUT2D eigenvalue weighted by atomic mass is 10.1. The molecule has 0 radical (unpaired) electrons. The monoisotopic (exact) mass is 411 g/mol. The third kappa shape index (κ3) is 3.66. The molecule has 29 heavy (non-hydrogen) atoms. The normalized spacial score (nSPS) is 12.1. The SMILES string of the molecule is C[C@H](C(=O)Nc1ccc(F)cc1)n1cnc2scc(-c3ccc(F)cc3)c2c1=O. The minimum absolute atomic E-state index is 0.364. The lowest BCUT2D eigenvalue weighted by Crippen LogP contribution is -2.31. The Bertz CT molecular complexity index is 1250. The highest BCUT2D eigenvalue weighted by molar-refractivity contribution is 7.17. The molecular weight excluding hydrogens is 396 g/mol. The molecule has 146 valence electrons. The van der Waals surface area contributed by atoms with Crippen molar-refractivity contribution in [2.75, 3.05) is 5.32 Å². The van der Waals surface area contributed by atoms with E-state index in [1.807, 2.05) is 0 Å². The quantitative estimate of drug-likeness (QED) is 0.534. The van der Waals surface area contributed by atoms with Crippen molar-refractivity contribution in [3.63, 3.8) is 0 Å². The number of anilines is 1. The fourth-order valence-corrected chi connectivity index (χ4v) is 3.88. The number of fused-ring (bicyclic) bond motifs is 1. The number of benzene rings is 2. The van der Waals surface area contributed by atoms with Gasteiger partial charge < -0.3 is 5.32 Å². The Morgan fingerprint density at radius 1 is 1.07 bits per heavy atom. The molecule has 0 saturated heterocycles. The van der Waals surface area contributed by atoms with Crippen LogP contribution >= 0.6 is 11.3 Å². The molecule has 4 rings (SSSR count). The maximum absolute atomic E-state index is 13.2. The molecule has 0 spiro atoms. The first-order chi connectivity index (χ1) is 13.9. The second-order valence-electron chi connectivity index (χ2n) is 6.47. The fourth-order valence-electron chi connectivity index (χ4n) is 2.97. The summed E-state index contributed by atoms with van der Waals surface area (Å²) in [6.45, 7) is 1.58. The van der Waals surface area contributed by atoms with Crippen molar-refractivity contribution in [3.8, 4) is 11.1 Å². The first-order valence-corrected chi connectivity index (χ1v) is 9.62. The topological polar surface area (TPSA) is 64.0 Å². The molecule has 1 atom stereocenters. The Hall–Kier alpha value is -3.39. The molecule has 2 aromatic carbocycles. The number of hydrogen-bond acceptors (Lipinski definition) is 4. The van der Waals surface area contributed by atoms with Gasteiger partial charge in [0.05, 0.1) is 11.7 Å². The van der Waals surface area contributed by atoms with Gasteiger partial charge in [-0.15, -0.1) is 11.3 Å². The van der Waals surface area contributed by atoms with Gasteiger partial charge in [0.25, 0.3) is 5.56 Å². The van der Waals surface area contributed by atoms with Crippen LogP contribution in [0.25, 0.3) is 21.3 Å². The fraction of sp³-hybridized carbons (Fsp3) is 0.0952. The van der Waals surface area contributed by atoms with E-state index in [4.69, 9.17) is 0 Å². The van der Waals surface area contributed by atoms with Crippen molar-refractivity contribution in [1.29, 1.82) is 0 Å². The van der Waals surface area contributed by atoms with Crippen molar-refractivity contribution in [2.45, 2.75) is 13.0 Å². The molecule has 0 saturated carbocycles. The van der Waals surface area contributed by atoms with Crippen LogP contribution in [0, 0.1) is 11.6 Å². The summed E-state index contributed by atoms with van der Waals surface area (Å²) in [6, 6.07) is 10.4. The van der Waals surface area contributed by atoms with E-state index in [0.29, 0.717) is 27.0 Å². The summed E-state index contributed by atoms with van der Waals surface area (Å²) in [5.41, 5.74) is 1.39. The lowest BCUT2D eigenvalue weighted by molar-refractivity contribution is -0.118. The minimum Gasteiger partial charge on any atom is -0.324 e. The summed E-state index contributed by atoms with van der Waals surface area (Å²) >= 11 is 1.31. The van der Waals surface area contributed by atoms with Gasteiger partial charge in [-0.3, -0.25) is 14.2 Å². The van der Waals surface area contributed by atoms with E-state index in [-0.39, 0.29) is 11.4 Å². The van der Waals surface area contributed by atoms with E-state index in [9.17, 15) is 18.4 Å². The van der Waals surface area contributed by atoms with Crippen LogP contribution in [0.1, 0.15) is 13.0 Å². The van der Waals surface area contributed by atoms with Crippen LogP contribution in [0.2, 0.25) is 0 Å². The molecule has 4 aromatic rings. The van der Waals surface area contributed by atoms with Crippen LogP contribution in [0.15, 0.2) is 65.0 Å². The van der Waals surface area contributed by atoms with Gasteiger partial charge in [-0.1, -0.05) is 12.1 Å². The number of nitrogens with zero attached hydrogens (tertiary/aromatic N) is 2. The summed E-state index contributed by atoms with van der Waals surface area (Å²) < 4.78 is 27.5. The average Bonchev–Trinajstić information content (AvgIpc) is 3.15. The maximum atomic E-state index is 13.2. The summed E-state index contributed by atoms with van der Waals surface area (Å²) in [5, 5.41) is 4.83. The maximum Gasteiger partial charge on any atom is 0.263 e. The Morgan fingerprint density at radius 3 is 2.34 bits per heavy atom. The number of rotatable bonds is 4. The average molecular weight is 411 g/mol.